The Morgan fingerprint density at radius 3 is 2.50 bits per heavy atom. The van der Waals surface area contributed by atoms with Crippen LogP contribution < -0.4 is 5.43 Å². The predicted molar refractivity (Wildman–Crippen MR) is 82.9 cm³/mol. The van der Waals surface area contributed by atoms with Gasteiger partial charge in [0.15, 0.2) is 5.43 Å². The Kier molecular flexibility index (Phi) is 3.40. The maximum Gasteiger partial charge on any atom is 0.199 e. The topological polar surface area (TPSA) is 30.2 Å². The van der Waals surface area contributed by atoms with E-state index >= 15 is 0 Å². The lowest BCUT2D eigenvalue weighted by molar-refractivity contribution is 0.601. The predicted octanol–water partition coefficient (Wildman–Crippen LogP) is 4.62. The standard InChI is InChI=1S/C17H11ClO2/c18-14-9-6-12(7-10-14)5-8-13-11-20-16-4-2-1-3-15(16)17(13)19/h1-11H/b8-5-. The third-order valence-corrected chi connectivity index (χ3v) is 3.28. The molecule has 2 aromatic carbocycles. The number of hydrogen-bond acceptors (Lipinski definition) is 2. The van der Waals surface area contributed by atoms with Crippen LogP contribution in [0.5, 0.6) is 0 Å². The molecule has 0 unspecified atom stereocenters. The largest absolute Gasteiger partial charge is 0.463 e. The van der Waals surface area contributed by atoms with E-state index in [9.17, 15) is 4.79 Å². The van der Waals surface area contributed by atoms with Crippen LogP contribution >= 0.6 is 11.6 Å². The molecule has 0 saturated carbocycles. The summed E-state index contributed by atoms with van der Waals surface area (Å²) in [5.74, 6) is 0. The van der Waals surface area contributed by atoms with Crippen molar-refractivity contribution in [2.45, 2.75) is 0 Å². The molecule has 98 valence electrons. The second-order valence-electron chi connectivity index (χ2n) is 4.40. The van der Waals surface area contributed by atoms with Gasteiger partial charge in [0.1, 0.15) is 11.8 Å². The molecule has 2 nitrogen and oxygen atoms in total. The molecule has 0 bridgehead atoms. The number of rotatable bonds is 2. The molecule has 3 aromatic rings. The van der Waals surface area contributed by atoms with Gasteiger partial charge in [-0.15, -0.1) is 0 Å². The summed E-state index contributed by atoms with van der Waals surface area (Å²) in [5, 5.41) is 1.28. The number of hydrogen-bond donors (Lipinski definition) is 0. The van der Waals surface area contributed by atoms with Crippen LogP contribution in [0.4, 0.5) is 0 Å². The van der Waals surface area contributed by atoms with Gasteiger partial charge in [-0.05, 0) is 35.9 Å². The zero-order valence-electron chi connectivity index (χ0n) is 10.5. The second kappa shape index (κ2) is 5.35. The van der Waals surface area contributed by atoms with E-state index in [1.54, 1.807) is 18.2 Å². The summed E-state index contributed by atoms with van der Waals surface area (Å²) in [7, 11) is 0. The fraction of sp³-hybridized carbons (Fsp3) is 0. The van der Waals surface area contributed by atoms with Crippen molar-refractivity contribution in [1.82, 2.24) is 0 Å². The van der Waals surface area contributed by atoms with Gasteiger partial charge in [-0.3, -0.25) is 4.79 Å². The Bertz CT molecular complexity index is 829. The Morgan fingerprint density at radius 1 is 0.950 bits per heavy atom. The highest BCUT2D eigenvalue weighted by Crippen LogP contribution is 2.14. The average Bonchev–Trinajstić information content (AvgIpc) is 2.49. The third kappa shape index (κ3) is 2.51. The first-order valence-corrected chi connectivity index (χ1v) is 6.56. The first-order valence-electron chi connectivity index (χ1n) is 6.18. The fourth-order valence-electron chi connectivity index (χ4n) is 1.97. The first-order chi connectivity index (χ1) is 9.74. The highest BCUT2D eigenvalue weighted by atomic mass is 35.5. The Labute approximate surface area is 120 Å². The molecular weight excluding hydrogens is 272 g/mol. The normalized spacial score (nSPS) is 11.2. The minimum Gasteiger partial charge on any atom is -0.463 e. The highest BCUT2D eigenvalue weighted by Gasteiger charge is 2.03. The van der Waals surface area contributed by atoms with E-state index in [2.05, 4.69) is 0 Å². The van der Waals surface area contributed by atoms with Gasteiger partial charge in [0.2, 0.25) is 0 Å². The van der Waals surface area contributed by atoms with E-state index < -0.39 is 0 Å². The number of halogens is 1. The quantitative estimate of drug-likeness (QED) is 0.687. The Hall–Kier alpha value is -2.32. The molecular formula is C17H11ClO2. The van der Waals surface area contributed by atoms with E-state index in [0.717, 1.165) is 5.56 Å². The number of benzene rings is 2. The molecule has 20 heavy (non-hydrogen) atoms. The van der Waals surface area contributed by atoms with Gasteiger partial charge in [0.25, 0.3) is 0 Å². The van der Waals surface area contributed by atoms with Crippen LogP contribution in [-0.4, -0.2) is 0 Å². The molecule has 0 aliphatic heterocycles. The molecule has 0 atom stereocenters. The van der Waals surface area contributed by atoms with Gasteiger partial charge < -0.3 is 4.42 Å². The van der Waals surface area contributed by atoms with Crippen LogP contribution in [0.25, 0.3) is 23.1 Å². The third-order valence-electron chi connectivity index (χ3n) is 3.03. The summed E-state index contributed by atoms with van der Waals surface area (Å²) in [6, 6.07) is 14.6. The lowest BCUT2D eigenvalue weighted by Gasteiger charge is -1.98. The molecule has 0 N–H and O–H groups in total. The van der Waals surface area contributed by atoms with Crippen LogP contribution in [-0.2, 0) is 0 Å². The van der Waals surface area contributed by atoms with E-state index in [0.29, 0.717) is 21.6 Å². The fourth-order valence-corrected chi connectivity index (χ4v) is 2.09. The van der Waals surface area contributed by atoms with Gasteiger partial charge in [0, 0.05) is 5.02 Å². The summed E-state index contributed by atoms with van der Waals surface area (Å²) in [4.78, 5) is 12.3. The van der Waals surface area contributed by atoms with Crippen molar-refractivity contribution in [3.05, 3.63) is 81.2 Å². The van der Waals surface area contributed by atoms with Crippen molar-refractivity contribution >= 4 is 34.7 Å². The van der Waals surface area contributed by atoms with Crippen molar-refractivity contribution in [2.75, 3.05) is 0 Å². The number of para-hydroxylation sites is 1. The summed E-state index contributed by atoms with van der Waals surface area (Å²) >= 11 is 5.83. The monoisotopic (exact) mass is 282 g/mol. The Morgan fingerprint density at radius 2 is 1.70 bits per heavy atom. The van der Waals surface area contributed by atoms with Crippen molar-refractivity contribution < 1.29 is 4.42 Å². The summed E-state index contributed by atoms with van der Waals surface area (Å²) in [6.07, 6.45) is 5.09. The summed E-state index contributed by atoms with van der Waals surface area (Å²) in [6.45, 7) is 0. The van der Waals surface area contributed by atoms with Crippen molar-refractivity contribution in [1.29, 1.82) is 0 Å². The van der Waals surface area contributed by atoms with Gasteiger partial charge in [0.05, 0.1) is 10.9 Å². The van der Waals surface area contributed by atoms with Gasteiger partial charge in [-0.2, -0.15) is 0 Å². The molecule has 0 fully saturated rings. The summed E-state index contributed by atoms with van der Waals surface area (Å²) in [5.41, 5.74) is 2.07. The van der Waals surface area contributed by atoms with Gasteiger partial charge in [-0.1, -0.05) is 41.9 Å². The first kappa shape index (κ1) is 12.7. The SMILES string of the molecule is O=c1c(/C=C\c2ccc(Cl)cc2)coc2ccccc12. The molecule has 0 aliphatic carbocycles. The van der Waals surface area contributed by atoms with Gasteiger partial charge >= 0.3 is 0 Å². The molecule has 0 amide bonds. The van der Waals surface area contributed by atoms with E-state index in [-0.39, 0.29) is 5.43 Å². The minimum atomic E-state index is -0.0305. The van der Waals surface area contributed by atoms with E-state index in [1.165, 1.54) is 6.26 Å². The molecule has 0 spiro atoms. The van der Waals surface area contributed by atoms with Crippen LogP contribution in [0.2, 0.25) is 5.02 Å². The lowest BCUT2D eigenvalue weighted by atomic mass is 10.1. The second-order valence-corrected chi connectivity index (χ2v) is 4.84. The van der Waals surface area contributed by atoms with Crippen LogP contribution in [0, 0.1) is 0 Å². The van der Waals surface area contributed by atoms with Crippen molar-refractivity contribution in [3.63, 3.8) is 0 Å². The highest BCUT2D eigenvalue weighted by molar-refractivity contribution is 6.30. The smallest absolute Gasteiger partial charge is 0.199 e. The molecule has 3 heteroatoms. The van der Waals surface area contributed by atoms with Crippen LogP contribution in [0.1, 0.15) is 11.1 Å². The number of fused-ring (bicyclic) bond motifs is 1. The molecule has 3 rings (SSSR count). The average molecular weight is 283 g/mol. The zero-order chi connectivity index (χ0) is 13.9. The van der Waals surface area contributed by atoms with Crippen molar-refractivity contribution in [3.8, 4) is 0 Å². The molecule has 1 heterocycles. The molecule has 0 saturated heterocycles. The van der Waals surface area contributed by atoms with Crippen LogP contribution in [0.3, 0.4) is 0 Å². The molecule has 0 aliphatic rings. The minimum absolute atomic E-state index is 0.0305. The molecule has 0 radical (unpaired) electrons. The maximum absolute atomic E-state index is 12.3. The van der Waals surface area contributed by atoms with Gasteiger partial charge in [-0.25, -0.2) is 0 Å². The van der Waals surface area contributed by atoms with E-state index in [1.807, 2.05) is 42.5 Å². The van der Waals surface area contributed by atoms with Crippen molar-refractivity contribution in [2.24, 2.45) is 0 Å². The summed E-state index contributed by atoms with van der Waals surface area (Å²) < 4.78 is 5.46. The zero-order valence-corrected chi connectivity index (χ0v) is 11.3. The lowest BCUT2D eigenvalue weighted by Crippen LogP contribution is -2.04. The maximum atomic E-state index is 12.3. The molecule has 1 aromatic heterocycles. The Balaban J connectivity index is 2.01. The van der Waals surface area contributed by atoms with E-state index in [4.69, 9.17) is 16.0 Å². The van der Waals surface area contributed by atoms with Crippen LogP contribution in [0.15, 0.2) is 64.0 Å².